The van der Waals surface area contributed by atoms with Gasteiger partial charge in [-0.15, -0.1) is 0 Å². The van der Waals surface area contributed by atoms with Gasteiger partial charge in [0.15, 0.2) is 5.75 Å². The number of benzene rings is 2. The molecule has 0 aliphatic rings. The SMILES string of the molecule is CNc1cc(Oc2c(Br)cc(CC(F)C(=O)OC)cc2Br)ccc1N. The van der Waals surface area contributed by atoms with Crippen LogP contribution in [-0.4, -0.2) is 26.3 Å². The van der Waals surface area contributed by atoms with E-state index in [-0.39, 0.29) is 6.42 Å². The minimum absolute atomic E-state index is 0.0874. The molecule has 1 unspecified atom stereocenters. The summed E-state index contributed by atoms with van der Waals surface area (Å²) in [6.07, 6.45) is -1.80. The third-order valence-electron chi connectivity index (χ3n) is 3.44. The molecule has 8 heteroatoms. The molecule has 0 bridgehead atoms. The first kappa shape index (κ1) is 19.5. The molecular formula is C17H17Br2FN2O3. The minimum Gasteiger partial charge on any atom is -0.467 e. The van der Waals surface area contributed by atoms with Crippen molar-refractivity contribution in [3.63, 3.8) is 0 Å². The summed E-state index contributed by atoms with van der Waals surface area (Å²) >= 11 is 6.83. The summed E-state index contributed by atoms with van der Waals surface area (Å²) < 4.78 is 25.3. The smallest absolute Gasteiger partial charge is 0.340 e. The van der Waals surface area contributed by atoms with E-state index in [4.69, 9.17) is 10.5 Å². The zero-order valence-electron chi connectivity index (χ0n) is 13.6. The Morgan fingerprint density at radius 3 is 2.48 bits per heavy atom. The monoisotopic (exact) mass is 474 g/mol. The highest BCUT2D eigenvalue weighted by molar-refractivity contribution is 9.11. The molecule has 2 rings (SSSR count). The van der Waals surface area contributed by atoms with Crippen molar-refractivity contribution in [2.45, 2.75) is 12.6 Å². The Morgan fingerprint density at radius 2 is 1.92 bits per heavy atom. The first-order valence-corrected chi connectivity index (χ1v) is 8.89. The van der Waals surface area contributed by atoms with Crippen molar-refractivity contribution in [3.8, 4) is 11.5 Å². The number of nitrogen functional groups attached to an aromatic ring is 1. The van der Waals surface area contributed by atoms with Gasteiger partial charge < -0.3 is 20.5 Å². The van der Waals surface area contributed by atoms with Crippen molar-refractivity contribution in [2.75, 3.05) is 25.2 Å². The summed E-state index contributed by atoms with van der Waals surface area (Å²) in [6.45, 7) is 0. The molecule has 0 fully saturated rings. The number of carbonyl (C=O) groups is 1. The fraction of sp³-hybridized carbons (Fsp3) is 0.235. The lowest BCUT2D eigenvalue weighted by Crippen LogP contribution is -2.19. The Labute approximate surface area is 161 Å². The molecule has 0 saturated carbocycles. The van der Waals surface area contributed by atoms with Crippen LogP contribution in [0.1, 0.15) is 5.56 Å². The van der Waals surface area contributed by atoms with Gasteiger partial charge in [-0.3, -0.25) is 0 Å². The topological polar surface area (TPSA) is 73.6 Å². The number of nitrogens with one attached hydrogen (secondary N) is 1. The van der Waals surface area contributed by atoms with E-state index in [1.807, 2.05) is 0 Å². The van der Waals surface area contributed by atoms with Gasteiger partial charge >= 0.3 is 5.97 Å². The maximum atomic E-state index is 13.8. The number of anilines is 2. The number of methoxy groups -OCH3 is 1. The van der Waals surface area contributed by atoms with Crippen molar-refractivity contribution in [1.29, 1.82) is 0 Å². The zero-order valence-corrected chi connectivity index (χ0v) is 16.8. The van der Waals surface area contributed by atoms with E-state index in [2.05, 4.69) is 41.9 Å². The van der Waals surface area contributed by atoms with Crippen LogP contribution in [-0.2, 0) is 16.0 Å². The molecule has 2 aromatic carbocycles. The molecule has 0 radical (unpaired) electrons. The maximum Gasteiger partial charge on any atom is 0.340 e. The van der Waals surface area contributed by atoms with Crippen molar-refractivity contribution in [3.05, 3.63) is 44.8 Å². The zero-order chi connectivity index (χ0) is 18.6. The second-order valence-corrected chi connectivity index (χ2v) is 6.89. The molecule has 25 heavy (non-hydrogen) atoms. The predicted octanol–water partition coefficient (Wildman–Crippen LogP) is 4.68. The maximum absolute atomic E-state index is 13.8. The summed E-state index contributed by atoms with van der Waals surface area (Å²) in [4.78, 5) is 11.2. The van der Waals surface area contributed by atoms with Crippen molar-refractivity contribution in [2.24, 2.45) is 0 Å². The second-order valence-electron chi connectivity index (χ2n) is 5.18. The van der Waals surface area contributed by atoms with Crippen LogP contribution in [0.4, 0.5) is 15.8 Å². The molecule has 0 spiro atoms. The molecule has 3 N–H and O–H groups in total. The highest BCUT2D eigenvalue weighted by atomic mass is 79.9. The van der Waals surface area contributed by atoms with E-state index >= 15 is 0 Å². The number of esters is 1. The van der Waals surface area contributed by atoms with Crippen LogP contribution >= 0.6 is 31.9 Å². The van der Waals surface area contributed by atoms with Gasteiger partial charge in [-0.25, -0.2) is 9.18 Å². The van der Waals surface area contributed by atoms with Crippen LogP contribution in [0.25, 0.3) is 0 Å². The molecule has 134 valence electrons. The van der Waals surface area contributed by atoms with E-state index < -0.39 is 12.1 Å². The molecular weight excluding hydrogens is 459 g/mol. The van der Waals surface area contributed by atoms with Gasteiger partial charge in [0.2, 0.25) is 6.17 Å². The lowest BCUT2D eigenvalue weighted by atomic mass is 10.1. The van der Waals surface area contributed by atoms with Gasteiger partial charge in [0.05, 0.1) is 27.4 Å². The number of hydrogen-bond acceptors (Lipinski definition) is 5. The Morgan fingerprint density at radius 1 is 1.28 bits per heavy atom. The van der Waals surface area contributed by atoms with Gasteiger partial charge in [0.25, 0.3) is 0 Å². The third kappa shape index (κ3) is 4.85. The number of rotatable bonds is 6. The van der Waals surface area contributed by atoms with Gasteiger partial charge in [-0.2, -0.15) is 0 Å². The third-order valence-corrected chi connectivity index (χ3v) is 4.62. The van der Waals surface area contributed by atoms with Gasteiger partial charge in [-0.1, -0.05) is 0 Å². The normalized spacial score (nSPS) is 11.7. The largest absolute Gasteiger partial charge is 0.467 e. The average Bonchev–Trinajstić information content (AvgIpc) is 2.58. The number of halogens is 3. The lowest BCUT2D eigenvalue weighted by molar-refractivity contribution is -0.146. The molecule has 0 saturated heterocycles. The molecule has 1 atom stereocenters. The van der Waals surface area contributed by atoms with Crippen LogP contribution < -0.4 is 15.8 Å². The molecule has 0 aliphatic heterocycles. The van der Waals surface area contributed by atoms with Crippen LogP contribution in [0, 0.1) is 0 Å². The molecule has 0 amide bonds. The van der Waals surface area contributed by atoms with Crippen LogP contribution in [0.2, 0.25) is 0 Å². The van der Waals surface area contributed by atoms with Crippen molar-refractivity contribution in [1.82, 2.24) is 0 Å². The summed E-state index contributed by atoms with van der Waals surface area (Å²) in [5, 5.41) is 2.98. The minimum atomic E-state index is -1.72. The quantitative estimate of drug-likeness (QED) is 0.468. The van der Waals surface area contributed by atoms with Gasteiger partial charge in [0.1, 0.15) is 5.75 Å². The van der Waals surface area contributed by atoms with Crippen LogP contribution in [0.3, 0.4) is 0 Å². The summed E-state index contributed by atoms with van der Waals surface area (Å²) in [6, 6.07) is 8.66. The summed E-state index contributed by atoms with van der Waals surface area (Å²) in [5.74, 6) is 0.226. The molecule has 0 aromatic heterocycles. The summed E-state index contributed by atoms with van der Waals surface area (Å²) in [7, 11) is 2.93. The Bertz CT molecular complexity index is 763. The van der Waals surface area contributed by atoms with Crippen LogP contribution in [0.15, 0.2) is 39.3 Å². The van der Waals surface area contributed by atoms with Crippen molar-refractivity contribution >= 4 is 49.2 Å². The summed E-state index contributed by atoms with van der Waals surface area (Å²) in [5.41, 5.74) is 7.83. The number of carbonyl (C=O) groups excluding carboxylic acids is 1. The molecule has 5 nitrogen and oxygen atoms in total. The number of nitrogens with two attached hydrogens (primary N) is 1. The molecule has 0 heterocycles. The Balaban J connectivity index is 2.24. The standard InChI is InChI=1S/C17H17Br2FN2O3/c1-22-15-8-10(3-4-14(15)21)25-16-11(18)5-9(6-12(16)19)7-13(20)17(23)24-2/h3-6,8,13,22H,7,21H2,1-2H3. The molecule has 2 aromatic rings. The fourth-order valence-electron chi connectivity index (χ4n) is 2.18. The van der Waals surface area contributed by atoms with Crippen molar-refractivity contribution < 1.29 is 18.7 Å². The molecule has 0 aliphatic carbocycles. The predicted molar refractivity (Wildman–Crippen MR) is 103 cm³/mol. The number of ether oxygens (including phenoxy) is 2. The first-order chi connectivity index (χ1) is 11.8. The Hall–Kier alpha value is -1.80. The van der Waals surface area contributed by atoms with E-state index in [1.165, 1.54) is 0 Å². The van der Waals surface area contributed by atoms with E-state index in [9.17, 15) is 9.18 Å². The van der Waals surface area contributed by atoms with E-state index in [0.717, 1.165) is 12.8 Å². The lowest BCUT2D eigenvalue weighted by Gasteiger charge is -2.14. The van der Waals surface area contributed by atoms with E-state index in [0.29, 0.717) is 31.7 Å². The van der Waals surface area contributed by atoms with E-state index in [1.54, 1.807) is 37.4 Å². The van der Waals surface area contributed by atoms with Crippen LogP contribution in [0.5, 0.6) is 11.5 Å². The highest BCUT2D eigenvalue weighted by Gasteiger charge is 2.20. The number of alkyl halides is 1. The fourth-order valence-corrected chi connectivity index (χ4v) is 3.62. The van der Waals surface area contributed by atoms with Gasteiger partial charge in [0, 0.05) is 19.5 Å². The first-order valence-electron chi connectivity index (χ1n) is 7.30. The highest BCUT2D eigenvalue weighted by Crippen LogP contribution is 2.39. The van der Waals surface area contributed by atoms with Gasteiger partial charge in [-0.05, 0) is 61.7 Å². The second kappa shape index (κ2) is 8.53. The number of hydrogen-bond donors (Lipinski definition) is 2. The Kier molecular flexibility index (Phi) is 6.66. The average molecular weight is 476 g/mol.